The van der Waals surface area contributed by atoms with E-state index in [0.717, 1.165) is 0 Å². The Morgan fingerprint density at radius 1 is 1.21 bits per heavy atom. The quantitative estimate of drug-likeness (QED) is 0.814. The highest BCUT2D eigenvalue weighted by molar-refractivity contribution is 5.95. The van der Waals surface area contributed by atoms with E-state index in [1.807, 2.05) is 20.8 Å². The summed E-state index contributed by atoms with van der Waals surface area (Å²) in [4.78, 5) is 24.6. The van der Waals surface area contributed by atoms with Gasteiger partial charge in [0.2, 0.25) is 0 Å². The molecule has 0 radical (unpaired) electrons. The van der Waals surface area contributed by atoms with Crippen molar-refractivity contribution in [3.8, 4) is 0 Å². The van der Waals surface area contributed by atoms with Gasteiger partial charge in [0.15, 0.2) is 0 Å². The van der Waals surface area contributed by atoms with Crippen LogP contribution in [0.25, 0.3) is 0 Å². The average Bonchev–Trinajstić information content (AvgIpc) is 2.27. The number of amides is 1. The van der Waals surface area contributed by atoms with Crippen LogP contribution < -0.4 is 5.73 Å². The fourth-order valence-electron chi connectivity index (χ4n) is 1.73. The molecule has 0 fully saturated rings. The van der Waals surface area contributed by atoms with E-state index in [9.17, 15) is 9.59 Å². The van der Waals surface area contributed by atoms with Gasteiger partial charge in [0.05, 0.1) is 6.42 Å². The van der Waals surface area contributed by atoms with Gasteiger partial charge in [0.1, 0.15) is 0 Å². The lowest BCUT2D eigenvalue weighted by Crippen LogP contribution is -2.46. The Morgan fingerprint density at radius 2 is 1.74 bits per heavy atom. The van der Waals surface area contributed by atoms with Gasteiger partial charge in [0.25, 0.3) is 5.91 Å². The monoisotopic (exact) mass is 264 g/mol. The van der Waals surface area contributed by atoms with Gasteiger partial charge >= 0.3 is 5.97 Å². The number of carboxylic acids is 1. The fraction of sp³-hybridized carbons (Fsp3) is 0.429. The Hall–Kier alpha value is -2.04. The van der Waals surface area contributed by atoms with Crippen LogP contribution in [0.1, 0.15) is 37.6 Å². The highest BCUT2D eigenvalue weighted by Gasteiger charge is 2.27. The SMILES string of the molecule is CC(C)(C)N(CCC(=O)O)C(=O)c1ccc(N)cc1. The van der Waals surface area contributed by atoms with E-state index < -0.39 is 11.5 Å². The molecule has 19 heavy (non-hydrogen) atoms. The van der Waals surface area contributed by atoms with Crippen molar-refractivity contribution < 1.29 is 14.7 Å². The van der Waals surface area contributed by atoms with E-state index in [4.69, 9.17) is 10.8 Å². The molecule has 5 nitrogen and oxygen atoms in total. The number of benzene rings is 1. The Balaban J connectivity index is 2.94. The molecule has 0 aliphatic carbocycles. The number of nitrogens with two attached hydrogens (primary N) is 1. The van der Waals surface area contributed by atoms with Crippen LogP contribution in [0.3, 0.4) is 0 Å². The fourth-order valence-corrected chi connectivity index (χ4v) is 1.73. The van der Waals surface area contributed by atoms with E-state index in [0.29, 0.717) is 11.3 Å². The maximum Gasteiger partial charge on any atom is 0.305 e. The van der Waals surface area contributed by atoms with Gasteiger partial charge in [-0.2, -0.15) is 0 Å². The number of rotatable bonds is 4. The third-order valence-corrected chi connectivity index (χ3v) is 2.76. The maximum absolute atomic E-state index is 12.4. The molecule has 3 N–H and O–H groups in total. The maximum atomic E-state index is 12.4. The van der Waals surface area contributed by atoms with Gasteiger partial charge in [0, 0.05) is 23.3 Å². The largest absolute Gasteiger partial charge is 0.481 e. The van der Waals surface area contributed by atoms with E-state index in [1.165, 1.54) is 0 Å². The number of carboxylic acid groups (broad SMARTS) is 1. The number of hydrogen-bond acceptors (Lipinski definition) is 3. The van der Waals surface area contributed by atoms with Crippen LogP contribution in [-0.4, -0.2) is 34.0 Å². The number of nitrogen functional groups attached to an aromatic ring is 1. The lowest BCUT2D eigenvalue weighted by molar-refractivity contribution is -0.137. The third kappa shape index (κ3) is 4.28. The Bertz CT molecular complexity index is 461. The normalized spacial score (nSPS) is 11.1. The predicted molar refractivity (Wildman–Crippen MR) is 73.9 cm³/mol. The van der Waals surface area contributed by atoms with Gasteiger partial charge in [-0.25, -0.2) is 0 Å². The van der Waals surface area contributed by atoms with Crippen LogP contribution in [0.2, 0.25) is 0 Å². The van der Waals surface area contributed by atoms with Crippen molar-refractivity contribution in [2.75, 3.05) is 12.3 Å². The van der Waals surface area contributed by atoms with Crippen LogP contribution in [0, 0.1) is 0 Å². The standard InChI is InChI=1S/C14H20N2O3/c1-14(2,3)16(9-8-12(17)18)13(19)10-4-6-11(15)7-5-10/h4-7H,8-9,15H2,1-3H3,(H,17,18). The third-order valence-electron chi connectivity index (χ3n) is 2.76. The Labute approximate surface area is 113 Å². The van der Waals surface area contributed by atoms with Crippen molar-refractivity contribution in [3.63, 3.8) is 0 Å². The minimum Gasteiger partial charge on any atom is -0.481 e. The molecule has 1 aromatic rings. The molecule has 0 unspecified atom stereocenters. The van der Waals surface area contributed by atoms with Gasteiger partial charge in [-0.1, -0.05) is 0 Å². The molecular weight excluding hydrogens is 244 g/mol. The number of anilines is 1. The smallest absolute Gasteiger partial charge is 0.305 e. The number of carbonyl (C=O) groups excluding carboxylic acids is 1. The topological polar surface area (TPSA) is 83.6 Å². The molecule has 0 aliphatic heterocycles. The molecule has 0 atom stereocenters. The van der Waals surface area contributed by atoms with Crippen LogP contribution in [0.15, 0.2) is 24.3 Å². The van der Waals surface area contributed by atoms with Crippen molar-refractivity contribution in [3.05, 3.63) is 29.8 Å². The molecule has 0 bridgehead atoms. The molecule has 0 heterocycles. The van der Waals surface area contributed by atoms with Gasteiger partial charge in [-0.05, 0) is 45.0 Å². The molecule has 0 aliphatic rings. The van der Waals surface area contributed by atoms with E-state index in [-0.39, 0.29) is 18.9 Å². The summed E-state index contributed by atoms with van der Waals surface area (Å²) in [6.07, 6.45) is -0.0714. The summed E-state index contributed by atoms with van der Waals surface area (Å²) < 4.78 is 0. The zero-order valence-corrected chi connectivity index (χ0v) is 11.5. The lowest BCUT2D eigenvalue weighted by Gasteiger charge is -2.35. The number of carbonyl (C=O) groups is 2. The highest BCUT2D eigenvalue weighted by Crippen LogP contribution is 2.18. The molecule has 0 aromatic heterocycles. The summed E-state index contributed by atoms with van der Waals surface area (Å²) in [6.45, 7) is 5.82. The highest BCUT2D eigenvalue weighted by atomic mass is 16.4. The van der Waals surface area contributed by atoms with Crippen molar-refractivity contribution in [1.29, 1.82) is 0 Å². The summed E-state index contributed by atoms with van der Waals surface area (Å²) in [6, 6.07) is 6.62. The molecule has 0 saturated heterocycles. The van der Waals surface area contributed by atoms with Crippen LogP contribution in [0.5, 0.6) is 0 Å². The molecule has 0 spiro atoms. The van der Waals surface area contributed by atoms with Crippen LogP contribution in [0.4, 0.5) is 5.69 Å². The van der Waals surface area contributed by atoms with Crippen LogP contribution in [-0.2, 0) is 4.79 Å². The van der Waals surface area contributed by atoms with Crippen molar-refractivity contribution in [2.24, 2.45) is 0 Å². The zero-order valence-electron chi connectivity index (χ0n) is 11.5. The number of aliphatic carboxylic acids is 1. The molecule has 0 saturated carbocycles. The second-order valence-electron chi connectivity index (χ2n) is 5.39. The van der Waals surface area contributed by atoms with Gasteiger partial charge < -0.3 is 15.7 Å². The molecular formula is C14H20N2O3. The summed E-state index contributed by atoms with van der Waals surface area (Å²) in [5, 5.41) is 8.76. The average molecular weight is 264 g/mol. The minimum atomic E-state index is -0.917. The van der Waals surface area contributed by atoms with E-state index in [2.05, 4.69) is 0 Å². The summed E-state index contributed by atoms with van der Waals surface area (Å²) in [7, 11) is 0. The molecule has 1 rings (SSSR count). The van der Waals surface area contributed by atoms with Crippen molar-refractivity contribution >= 4 is 17.6 Å². The first kappa shape index (κ1) is 15.0. The number of hydrogen-bond donors (Lipinski definition) is 2. The first-order chi connectivity index (χ1) is 8.71. The first-order valence-electron chi connectivity index (χ1n) is 6.11. The van der Waals surface area contributed by atoms with E-state index in [1.54, 1.807) is 29.2 Å². The number of nitrogens with zero attached hydrogens (tertiary/aromatic N) is 1. The predicted octanol–water partition coefficient (Wildman–Crippen LogP) is 1.98. The Morgan fingerprint density at radius 3 is 2.16 bits per heavy atom. The van der Waals surface area contributed by atoms with Crippen LogP contribution >= 0.6 is 0 Å². The van der Waals surface area contributed by atoms with Crippen molar-refractivity contribution in [2.45, 2.75) is 32.7 Å². The van der Waals surface area contributed by atoms with Gasteiger partial charge in [-0.3, -0.25) is 9.59 Å². The second kappa shape index (κ2) is 5.73. The minimum absolute atomic E-state index is 0.0714. The lowest BCUT2D eigenvalue weighted by atomic mass is 10.0. The summed E-state index contributed by atoms with van der Waals surface area (Å²) in [5.41, 5.74) is 6.24. The Kier molecular flexibility index (Phi) is 4.53. The molecule has 1 amide bonds. The van der Waals surface area contributed by atoms with E-state index >= 15 is 0 Å². The first-order valence-corrected chi connectivity index (χ1v) is 6.11. The van der Waals surface area contributed by atoms with Crippen molar-refractivity contribution in [1.82, 2.24) is 4.90 Å². The summed E-state index contributed by atoms with van der Waals surface area (Å²) in [5.74, 6) is -1.10. The second-order valence-corrected chi connectivity index (χ2v) is 5.39. The molecule has 104 valence electrons. The van der Waals surface area contributed by atoms with Gasteiger partial charge in [-0.15, -0.1) is 0 Å². The molecule has 1 aromatic carbocycles. The molecule has 5 heteroatoms. The zero-order chi connectivity index (χ0) is 14.6. The summed E-state index contributed by atoms with van der Waals surface area (Å²) >= 11 is 0.